The Morgan fingerprint density at radius 2 is 1.68 bits per heavy atom. The van der Waals surface area contributed by atoms with Gasteiger partial charge in [0.1, 0.15) is 0 Å². The standard InChI is InChI=1S/C15H12ClNO2/c16-13-6-4-11(5-7-13)14(18)9-10-2-1-3-12(8-10)15(17)19/h1-8H,9H2,(H2,17,19). The largest absolute Gasteiger partial charge is 0.366 e. The minimum absolute atomic E-state index is 0.0294. The normalized spacial score (nSPS) is 10.2. The number of Topliss-reactive ketones (excluding diaryl/α,β-unsaturated/α-hetero) is 1. The van der Waals surface area contributed by atoms with Crippen LogP contribution in [0.4, 0.5) is 0 Å². The Labute approximate surface area is 116 Å². The fourth-order valence-corrected chi connectivity index (χ4v) is 1.88. The Kier molecular flexibility index (Phi) is 3.97. The summed E-state index contributed by atoms with van der Waals surface area (Å²) in [4.78, 5) is 23.1. The molecule has 0 fully saturated rings. The fourth-order valence-electron chi connectivity index (χ4n) is 1.76. The molecule has 19 heavy (non-hydrogen) atoms. The van der Waals surface area contributed by atoms with Gasteiger partial charge in [0.15, 0.2) is 5.78 Å². The smallest absolute Gasteiger partial charge is 0.248 e. The molecule has 3 nitrogen and oxygen atoms in total. The predicted molar refractivity (Wildman–Crippen MR) is 74.4 cm³/mol. The summed E-state index contributed by atoms with van der Waals surface area (Å²) in [6, 6.07) is 13.5. The second-order valence-corrected chi connectivity index (χ2v) is 4.61. The van der Waals surface area contributed by atoms with E-state index in [-0.39, 0.29) is 12.2 Å². The highest BCUT2D eigenvalue weighted by Crippen LogP contribution is 2.13. The van der Waals surface area contributed by atoms with Crippen molar-refractivity contribution in [2.45, 2.75) is 6.42 Å². The lowest BCUT2D eigenvalue weighted by atomic mass is 10.0. The van der Waals surface area contributed by atoms with E-state index in [2.05, 4.69) is 0 Å². The van der Waals surface area contributed by atoms with Gasteiger partial charge in [-0.2, -0.15) is 0 Å². The van der Waals surface area contributed by atoms with Crippen LogP contribution in [0.1, 0.15) is 26.3 Å². The van der Waals surface area contributed by atoms with E-state index in [0.29, 0.717) is 16.1 Å². The minimum Gasteiger partial charge on any atom is -0.366 e. The lowest BCUT2D eigenvalue weighted by molar-refractivity contribution is 0.0984. The molecule has 2 N–H and O–H groups in total. The van der Waals surface area contributed by atoms with Crippen LogP contribution in [-0.2, 0) is 6.42 Å². The van der Waals surface area contributed by atoms with Gasteiger partial charge in [-0.25, -0.2) is 0 Å². The lowest BCUT2D eigenvalue weighted by Gasteiger charge is -2.03. The molecule has 0 radical (unpaired) electrons. The second kappa shape index (κ2) is 5.67. The molecule has 0 saturated carbocycles. The maximum Gasteiger partial charge on any atom is 0.248 e. The maximum absolute atomic E-state index is 12.0. The molecule has 0 aliphatic rings. The molecular formula is C15H12ClNO2. The SMILES string of the molecule is NC(=O)c1cccc(CC(=O)c2ccc(Cl)cc2)c1. The van der Waals surface area contributed by atoms with Crippen LogP contribution in [0.5, 0.6) is 0 Å². The van der Waals surface area contributed by atoms with Gasteiger partial charge in [-0.1, -0.05) is 23.7 Å². The monoisotopic (exact) mass is 273 g/mol. The average molecular weight is 274 g/mol. The third-order valence-electron chi connectivity index (χ3n) is 2.74. The van der Waals surface area contributed by atoms with E-state index < -0.39 is 5.91 Å². The van der Waals surface area contributed by atoms with Crippen molar-refractivity contribution in [2.75, 3.05) is 0 Å². The fraction of sp³-hybridized carbons (Fsp3) is 0.0667. The van der Waals surface area contributed by atoms with Crippen LogP contribution in [0.15, 0.2) is 48.5 Å². The van der Waals surface area contributed by atoms with Gasteiger partial charge in [0, 0.05) is 22.6 Å². The number of benzene rings is 2. The number of amides is 1. The summed E-state index contributed by atoms with van der Waals surface area (Å²) < 4.78 is 0. The first-order valence-corrected chi connectivity index (χ1v) is 6.11. The van der Waals surface area contributed by atoms with Crippen molar-refractivity contribution in [3.8, 4) is 0 Å². The number of primary amides is 1. The first-order chi connectivity index (χ1) is 9.06. The van der Waals surface area contributed by atoms with Crippen LogP contribution in [0.3, 0.4) is 0 Å². The molecule has 0 saturated heterocycles. The number of rotatable bonds is 4. The quantitative estimate of drug-likeness (QED) is 0.871. The summed E-state index contributed by atoms with van der Waals surface area (Å²) in [7, 11) is 0. The first kappa shape index (κ1) is 13.3. The average Bonchev–Trinajstić information content (AvgIpc) is 2.39. The summed E-state index contributed by atoms with van der Waals surface area (Å²) in [6.45, 7) is 0. The molecule has 2 aromatic rings. The number of nitrogens with two attached hydrogens (primary N) is 1. The molecule has 0 atom stereocenters. The van der Waals surface area contributed by atoms with Crippen molar-refractivity contribution in [1.29, 1.82) is 0 Å². The van der Waals surface area contributed by atoms with Gasteiger partial charge in [0.2, 0.25) is 5.91 Å². The summed E-state index contributed by atoms with van der Waals surface area (Å²) >= 11 is 5.77. The number of carbonyl (C=O) groups is 2. The highest BCUT2D eigenvalue weighted by molar-refractivity contribution is 6.30. The summed E-state index contributed by atoms with van der Waals surface area (Å²) in [5.74, 6) is -0.529. The highest BCUT2D eigenvalue weighted by atomic mass is 35.5. The molecule has 0 aliphatic heterocycles. The zero-order valence-electron chi connectivity index (χ0n) is 10.1. The molecule has 0 spiro atoms. The number of hydrogen-bond acceptors (Lipinski definition) is 2. The third-order valence-corrected chi connectivity index (χ3v) is 2.99. The molecule has 0 bridgehead atoms. The van der Waals surface area contributed by atoms with E-state index in [9.17, 15) is 9.59 Å². The molecular weight excluding hydrogens is 262 g/mol. The van der Waals surface area contributed by atoms with Crippen LogP contribution in [0, 0.1) is 0 Å². The van der Waals surface area contributed by atoms with E-state index in [4.69, 9.17) is 17.3 Å². The Morgan fingerprint density at radius 3 is 2.32 bits per heavy atom. The second-order valence-electron chi connectivity index (χ2n) is 4.17. The Bertz CT molecular complexity index is 620. The van der Waals surface area contributed by atoms with E-state index in [1.54, 1.807) is 48.5 Å². The van der Waals surface area contributed by atoms with Gasteiger partial charge < -0.3 is 5.73 Å². The lowest BCUT2D eigenvalue weighted by Crippen LogP contribution is -2.11. The van der Waals surface area contributed by atoms with Gasteiger partial charge in [-0.15, -0.1) is 0 Å². The van der Waals surface area contributed by atoms with Crippen LogP contribution in [0.25, 0.3) is 0 Å². The van der Waals surface area contributed by atoms with Crippen molar-refractivity contribution in [3.05, 3.63) is 70.2 Å². The first-order valence-electron chi connectivity index (χ1n) is 5.74. The van der Waals surface area contributed by atoms with Crippen LogP contribution in [0.2, 0.25) is 5.02 Å². The van der Waals surface area contributed by atoms with Crippen molar-refractivity contribution >= 4 is 23.3 Å². The number of ketones is 1. The molecule has 0 aliphatic carbocycles. The van der Waals surface area contributed by atoms with E-state index in [1.807, 2.05) is 0 Å². The zero-order valence-corrected chi connectivity index (χ0v) is 10.9. The minimum atomic E-state index is -0.499. The Balaban J connectivity index is 2.17. The maximum atomic E-state index is 12.0. The predicted octanol–water partition coefficient (Wildman–Crippen LogP) is 2.86. The topological polar surface area (TPSA) is 60.2 Å². The van der Waals surface area contributed by atoms with E-state index in [1.165, 1.54) is 0 Å². The number of hydrogen-bond donors (Lipinski definition) is 1. The number of halogens is 1. The van der Waals surface area contributed by atoms with Gasteiger partial charge in [-0.3, -0.25) is 9.59 Å². The van der Waals surface area contributed by atoms with E-state index >= 15 is 0 Å². The Morgan fingerprint density at radius 1 is 1.00 bits per heavy atom. The van der Waals surface area contributed by atoms with Crippen molar-refractivity contribution in [2.24, 2.45) is 5.73 Å². The molecule has 4 heteroatoms. The zero-order chi connectivity index (χ0) is 13.8. The molecule has 2 aromatic carbocycles. The van der Waals surface area contributed by atoms with Crippen LogP contribution in [-0.4, -0.2) is 11.7 Å². The van der Waals surface area contributed by atoms with Gasteiger partial charge in [-0.05, 0) is 42.0 Å². The van der Waals surface area contributed by atoms with Crippen LogP contribution < -0.4 is 5.73 Å². The van der Waals surface area contributed by atoms with Gasteiger partial charge in [0.25, 0.3) is 0 Å². The van der Waals surface area contributed by atoms with E-state index in [0.717, 1.165) is 5.56 Å². The molecule has 1 amide bonds. The van der Waals surface area contributed by atoms with Crippen molar-refractivity contribution < 1.29 is 9.59 Å². The summed E-state index contributed by atoms with van der Waals surface area (Å²) in [5.41, 5.74) is 6.96. The van der Waals surface area contributed by atoms with Crippen LogP contribution >= 0.6 is 11.6 Å². The number of carbonyl (C=O) groups excluding carboxylic acids is 2. The van der Waals surface area contributed by atoms with Gasteiger partial charge >= 0.3 is 0 Å². The molecule has 96 valence electrons. The van der Waals surface area contributed by atoms with Crippen molar-refractivity contribution in [1.82, 2.24) is 0 Å². The van der Waals surface area contributed by atoms with Crippen molar-refractivity contribution in [3.63, 3.8) is 0 Å². The highest BCUT2D eigenvalue weighted by Gasteiger charge is 2.08. The molecule has 0 heterocycles. The Hall–Kier alpha value is -2.13. The van der Waals surface area contributed by atoms with Gasteiger partial charge in [0.05, 0.1) is 0 Å². The molecule has 0 unspecified atom stereocenters. The molecule has 2 rings (SSSR count). The third kappa shape index (κ3) is 3.42. The molecule has 0 aromatic heterocycles. The summed E-state index contributed by atoms with van der Waals surface area (Å²) in [5, 5.41) is 0.590. The summed E-state index contributed by atoms with van der Waals surface area (Å²) in [6.07, 6.45) is 0.225.